The van der Waals surface area contributed by atoms with Crippen LogP contribution in [0.5, 0.6) is 5.75 Å². The zero-order valence-corrected chi connectivity index (χ0v) is 13.2. The summed E-state index contributed by atoms with van der Waals surface area (Å²) >= 11 is 0. The van der Waals surface area contributed by atoms with Gasteiger partial charge in [0.1, 0.15) is 17.2 Å². The lowest BCUT2D eigenvalue weighted by atomic mass is 10.2. The second kappa shape index (κ2) is 6.87. The lowest BCUT2D eigenvalue weighted by molar-refractivity contribution is -0.384. The molecular formula is C16H14N4O5. The normalized spacial score (nSPS) is 10.4. The van der Waals surface area contributed by atoms with E-state index in [9.17, 15) is 14.9 Å². The number of carbonyl (C=O) groups excluding carboxylic acids is 1. The predicted molar refractivity (Wildman–Crippen MR) is 87.6 cm³/mol. The second-order valence-electron chi connectivity index (χ2n) is 5.06. The smallest absolute Gasteiger partial charge is 0.296 e. The molecule has 0 atom stereocenters. The fourth-order valence-electron chi connectivity index (χ4n) is 2.22. The van der Waals surface area contributed by atoms with E-state index in [0.29, 0.717) is 18.1 Å². The lowest BCUT2D eigenvalue weighted by Gasteiger charge is -2.06. The zero-order valence-electron chi connectivity index (χ0n) is 13.2. The summed E-state index contributed by atoms with van der Waals surface area (Å²) in [4.78, 5) is 22.8. The highest BCUT2D eigenvalue weighted by Crippen LogP contribution is 2.29. The number of ether oxygens (including phenoxy) is 1. The van der Waals surface area contributed by atoms with Crippen molar-refractivity contribution in [1.82, 2.24) is 9.78 Å². The maximum absolute atomic E-state index is 12.3. The molecule has 2 heterocycles. The van der Waals surface area contributed by atoms with E-state index in [0.717, 1.165) is 0 Å². The minimum Gasteiger partial charge on any atom is -0.496 e. The van der Waals surface area contributed by atoms with Gasteiger partial charge in [-0.2, -0.15) is 5.10 Å². The zero-order chi connectivity index (χ0) is 17.8. The van der Waals surface area contributed by atoms with E-state index < -0.39 is 10.8 Å². The molecule has 0 saturated carbocycles. The molecular weight excluding hydrogens is 328 g/mol. The van der Waals surface area contributed by atoms with Gasteiger partial charge in [-0.1, -0.05) is 0 Å². The highest BCUT2D eigenvalue weighted by atomic mass is 16.6. The number of hydrogen-bond donors (Lipinski definition) is 1. The topological polar surface area (TPSA) is 112 Å². The van der Waals surface area contributed by atoms with Crippen molar-refractivity contribution in [2.45, 2.75) is 6.54 Å². The third kappa shape index (κ3) is 3.66. The van der Waals surface area contributed by atoms with Gasteiger partial charge >= 0.3 is 0 Å². The van der Waals surface area contributed by atoms with E-state index >= 15 is 0 Å². The number of nitro groups is 1. The van der Waals surface area contributed by atoms with Crippen LogP contribution in [0.1, 0.15) is 16.3 Å². The third-order valence-electron chi connectivity index (χ3n) is 3.41. The fraction of sp³-hybridized carbons (Fsp3) is 0.125. The van der Waals surface area contributed by atoms with E-state index in [1.165, 1.54) is 31.4 Å². The summed E-state index contributed by atoms with van der Waals surface area (Å²) < 4.78 is 12.1. The monoisotopic (exact) mass is 342 g/mol. The number of benzene rings is 1. The summed E-state index contributed by atoms with van der Waals surface area (Å²) in [6.45, 7) is 0.378. The van der Waals surface area contributed by atoms with Crippen LogP contribution in [-0.2, 0) is 6.54 Å². The lowest BCUT2D eigenvalue weighted by Crippen LogP contribution is -2.12. The van der Waals surface area contributed by atoms with Crippen molar-refractivity contribution in [2.75, 3.05) is 12.4 Å². The first-order chi connectivity index (χ1) is 12.1. The Bertz CT molecular complexity index is 901. The molecule has 1 aromatic carbocycles. The van der Waals surface area contributed by atoms with E-state index in [1.54, 1.807) is 29.2 Å². The van der Waals surface area contributed by atoms with Crippen LogP contribution in [0.2, 0.25) is 0 Å². The Hall–Kier alpha value is -3.62. The minimum atomic E-state index is -0.594. The van der Waals surface area contributed by atoms with E-state index in [4.69, 9.17) is 9.15 Å². The quantitative estimate of drug-likeness (QED) is 0.544. The van der Waals surface area contributed by atoms with E-state index in [-0.39, 0.29) is 17.1 Å². The van der Waals surface area contributed by atoms with Crippen LogP contribution in [0.15, 0.2) is 53.2 Å². The van der Waals surface area contributed by atoms with Crippen molar-refractivity contribution >= 4 is 17.3 Å². The molecule has 3 aromatic rings. The minimum absolute atomic E-state index is 0.0484. The number of methoxy groups -OCH3 is 1. The van der Waals surface area contributed by atoms with E-state index in [2.05, 4.69) is 10.4 Å². The molecule has 128 valence electrons. The molecule has 0 radical (unpaired) electrons. The Morgan fingerprint density at radius 1 is 1.40 bits per heavy atom. The van der Waals surface area contributed by atoms with Gasteiger partial charge in [0, 0.05) is 12.4 Å². The Morgan fingerprint density at radius 2 is 2.24 bits per heavy atom. The van der Waals surface area contributed by atoms with Crippen LogP contribution in [0, 0.1) is 10.1 Å². The van der Waals surface area contributed by atoms with Gasteiger partial charge in [0.2, 0.25) is 0 Å². The van der Waals surface area contributed by atoms with Gasteiger partial charge in [-0.3, -0.25) is 19.6 Å². The summed E-state index contributed by atoms with van der Waals surface area (Å²) in [5.41, 5.74) is -0.211. The molecule has 1 N–H and O–H groups in total. The van der Waals surface area contributed by atoms with Crippen LogP contribution in [-0.4, -0.2) is 27.7 Å². The molecule has 0 saturated heterocycles. The molecule has 0 bridgehead atoms. The first-order valence-electron chi connectivity index (χ1n) is 7.27. The van der Waals surface area contributed by atoms with Crippen LogP contribution in [0.3, 0.4) is 0 Å². The molecule has 0 aliphatic carbocycles. The Balaban J connectivity index is 1.76. The third-order valence-corrected chi connectivity index (χ3v) is 3.41. The molecule has 9 nitrogen and oxygen atoms in total. The van der Waals surface area contributed by atoms with Crippen LogP contribution in [0.4, 0.5) is 11.4 Å². The summed E-state index contributed by atoms with van der Waals surface area (Å²) in [5.74, 6) is 0.328. The van der Waals surface area contributed by atoms with Gasteiger partial charge in [0.25, 0.3) is 11.6 Å². The van der Waals surface area contributed by atoms with Gasteiger partial charge in [0.15, 0.2) is 5.76 Å². The van der Waals surface area contributed by atoms with Crippen molar-refractivity contribution in [3.05, 3.63) is 70.4 Å². The standard InChI is InChI=1S/C16H14N4O5/c1-24-11-3-5-13(14(9-11)20(22)23)18-16(21)15-6-4-12(25-15)10-19-8-2-7-17-19/h2-9H,10H2,1H3,(H,18,21). The van der Waals surface area contributed by atoms with Crippen LogP contribution >= 0.6 is 0 Å². The molecule has 0 aliphatic rings. The van der Waals surface area contributed by atoms with E-state index in [1.807, 2.05) is 0 Å². The number of hydrogen-bond acceptors (Lipinski definition) is 6. The highest BCUT2D eigenvalue weighted by molar-refractivity contribution is 6.03. The summed E-state index contributed by atoms with van der Waals surface area (Å²) in [6.07, 6.45) is 3.41. The second-order valence-corrected chi connectivity index (χ2v) is 5.06. The summed E-state index contributed by atoms with van der Waals surface area (Å²) in [5, 5.41) is 17.7. The number of rotatable bonds is 6. The van der Waals surface area contributed by atoms with Crippen molar-refractivity contribution in [3.63, 3.8) is 0 Å². The molecule has 25 heavy (non-hydrogen) atoms. The number of amides is 1. The van der Waals surface area contributed by atoms with Gasteiger partial charge in [-0.25, -0.2) is 0 Å². The van der Waals surface area contributed by atoms with Crippen LogP contribution < -0.4 is 10.1 Å². The maximum Gasteiger partial charge on any atom is 0.296 e. The molecule has 2 aromatic heterocycles. The molecule has 0 unspecified atom stereocenters. The number of carbonyl (C=O) groups is 1. The molecule has 1 amide bonds. The van der Waals surface area contributed by atoms with Crippen molar-refractivity contribution in [1.29, 1.82) is 0 Å². The molecule has 3 rings (SSSR count). The molecule has 0 spiro atoms. The van der Waals surface area contributed by atoms with Crippen molar-refractivity contribution < 1.29 is 18.9 Å². The number of nitrogens with one attached hydrogen (secondary N) is 1. The molecule has 9 heteroatoms. The average Bonchev–Trinajstić information content (AvgIpc) is 3.27. The number of aromatic nitrogens is 2. The Kier molecular flexibility index (Phi) is 4.46. The Labute approximate surface area is 142 Å². The predicted octanol–water partition coefficient (Wildman–Crippen LogP) is 2.69. The SMILES string of the molecule is COc1ccc(NC(=O)c2ccc(Cn3cccn3)o2)c([N+](=O)[O-])c1. The maximum atomic E-state index is 12.3. The van der Waals surface area contributed by atoms with Crippen LogP contribution in [0.25, 0.3) is 0 Å². The average molecular weight is 342 g/mol. The first kappa shape index (κ1) is 16.2. The summed E-state index contributed by atoms with van der Waals surface area (Å²) in [6, 6.07) is 9.10. The largest absolute Gasteiger partial charge is 0.496 e. The van der Waals surface area contributed by atoms with Gasteiger partial charge in [0.05, 0.1) is 24.6 Å². The molecule has 0 fully saturated rings. The van der Waals surface area contributed by atoms with Gasteiger partial charge < -0.3 is 14.5 Å². The molecule has 0 aliphatic heterocycles. The number of anilines is 1. The van der Waals surface area contributed by atoms with Gasteiger partial charge in [-0.05, 0) is 30.3 Å². The number of nitrogens with zero attached hydrogens (tertiary/aromatic N) is 3. The van der Waals surface area contributed by atoms with Gasteiger partial charge in [-0.15, -0.1) is 0 Å². The number of furan rings is 1. The fourth-order valence-corrected chi connectivity index (χ4v) is 2.22. The first-order valence-corrected chi connectivity index (χ1v) is 7.27. The van der Waals surface area contributed by atoms with Crippen molar-refractivity contribution in [3.8, 4) is 5.75 Å². The number of nitro benzene ring substituents is 1. The van der Waals surface area contributed by atoms with Crippen molar-refractivity contribution in [2.24, 2.45) is 0 Å². The summed E-state index contributed by atoms with van der Waals surface area (Å²) in [7, 11) is 1.40. The Morgan fingerprint density at radius 3 is 2.92 bits per heavy atom. The highest BCUT2D eigenvalue weighted by Gasteiger charge is 2.19.